The van der Waals surface area contributed by atoms with Crippen molar-refractivity contribution >= 4 is 5.57 Å². The van der Waals surface area contributed by atoms with E-state index >= 15 is 0 Å². The minimum atomic E-state index is 0.562. The largest absolute Gasteiger partial charge is 0.0905 e. The topological polar surface area (TPSA) is 0 Å². The molecule has 0 aromatic heterocycles. The van der Waals surface area contributed by atoms with Crippen molar-refractivity contribution in [1.82, 2.24) is 0 Å². The van der Waals surface area contributed by atoms with Crippen molar-refractivity contribution in [3.05, 3.63) is 77.4 Å². The van der Waals surface area contributed by atoms with Gasteiger partial charge in [0.1, 0.15) is 0 Å². The predicted octanol–water partition coefficient (Wildman–Crippen LogP) is 4.41. The normalized spacial score (nSPS) is 18.2. The van der Waals surface area contributed by atoms with Crippen molar-refractivity contribution < 1.29 is 0 Å². The van der Waals surface area contributed by atoms with E-state index in [1.807, 2.05) is 0 Å². The molecule has 0 nitrogen and oxygen atoms in total. The van der Waals surface area contributed by atoms with Crippen LogP contribution in [0.2, 0.25) is 0 Å². The molecule has 1 unspecified atom stereocenters. The van der Waals surface area contributed by atoms with Crippen LogP contribution in [-0.2, 0) is 6.42 Å². The summed E-state index contributed by atoms with van der Waals surface area (Å²) in [6.45, 7) is 6.59. The van der Waals surface area contributed by atoms with Crippen LogP contribution in [0.15, 0.2) is 55.1 Å². The molecule has 0 heterocycles. The average molecular weight is 220 g/mol. The average Bonchev–Trinajstić information content (AvgIpc) is 2.48. The Labute approximate surface area is 103 Å². The van der Waals surface area contributed by atoms with Gasteiger partial charge in [-0.1, -0.05) is 62.0 Å². The zero-order chi connectivity index (χ0) is 11.8. The SMILES string of the molecule is C=C1c2ccccc2CC(C)c2ccccc21. The molecule has 0 amide bonds. The molecular formula is C17H16. The lowest BCUT2D eigenvalue weighted by molar-refractivity contribution is 0.762. The minimum absolute atomic E-state index is 0.562. The molecule has 2 aromatic carbocycles. The molecule has 0 saturated carbocycles. The Kier molecular flexibility index (Phi) is 2.36. The zero-order valence-corrected chi connectivity index (χ0v) is 10.1. The lowest BCUT2D eigenvalue weighted by Crippen LogP contribution is -1.97. The van der Waals surface area contributed by atoms with E-state index in [9.17, 15) is 0 Å². The second-order valence-electron chi connectivity index (χ2n) is 4.83. The van der Waals surface area contributed by atoms with Gasteiger partial charge in [0.25, 0.3) is 0 Å². The van der Waals surface area contributed by atoms with E-state index in [0.717, 1.165) is 6.42 Å². The summed E-state index contributed by atoms with van der Waals surface area (Å²) in [5, 5.41) is 0. The summed E-state index contributed by atoms with van der Waals surface area (Å²) in [5.74, 6) is 0.562. The Hall–Kier alpha value is -1.82. The van der Waals surface area contributed by atoms with Gasteiger partial charge in [0.15, 0.2) is 0 Å². The lowest BCUT2D eigenvalue weighted by atomic mass is 9.92. The molecule has 0 fully saturated rings. The van der Waals surface area contributed by atoms with E-state index in [0.29, 0.717) is 5.92 Å². The Morgan fingerprint density at radius 3 is 2.41 bits per heavy atom. The molecule has 0 saturated heterocycles. The quantitative estimate of drug-likeness (QED) is 0.617. The fourth-order valence-corrected chi connectivity index (χ4v) is 2.78. The number of fused-ring (bicyclic) bond motifs is 2. The zero-order valence-electron chi connectivity index (χ0n) is 10.1. The van der Waals surface area contributed by atoms with Gasteiger partial charge in [0.2, 0.25) is 0 Å². The molecule has 17 heavy (non-hydrogen) atoms. The molecule has 1 aliphatic rings. The number of hydrogen-bond acceptors (Lipinski definition) is 0. The minimum Gasteiger partial charge on any atom is -0.0905 e. The third kappa shape index (κ3) is 1.61. The van der Waals surface area contributed by atoms with Gasteiger partial charge in [0.05, 0.1) is 0 Å². The first-order chi connectivity index (χ1) is 8.27. The van der Waals surface area contributed by atoms with Crippen molar-refractivity contribution in [3.63, 3.8) is 0 Å². The maximum absolute atomic E-state index is 4.29. The molecule has 0 aliphatic heterocycles. The van der Waals surface area contributed by atoms with Crippen molar-refractivity contribution in [2.24, 2.45) is 0 Å². The van der Waals surface area contributed by atoms with Gasteiger partial charge < -0.3 is 0 Å². The number of benzene rings is 2. The highest BCUT2D eigenvalue weighted by molar-refractivity contribution is 5.82. The fraction of sp³-hybridized carbons (Fsp3) is 0.176. The summed E-state index contributed by atoms with van der Waals surface area (Å²) in [6, 6.07) is 17.3. The van der Waals surface area contributed by atoms with E-state index in [1.54, 1.807) is 0 Å². The van der Waals surface area contributed by atoms with Crippen LogP contribution in [-0.4, -0.2) is 0 Å². The van der Waals surface area contributed by atoms with Crippen LogP contribution in [0.4, 0.5) is 0 Å². The maximum atomic E-state index is 4.29. The molecule has 0 radical (unpaired) electrons. The second kappa shape index (κ2) is 3.89. The van der Waals surface area contributed by atoms with Gasteiger partial charge in [-0.05, 0) is 40.2 Å². The molecule has 84 valence electrons. The van der Waals surface area contributed by atoms with E-state index < -0.39 is 0 Å². The highest BCUT2D eigenvalue weighted by atomic mass is 14.2. The first-order valence-electron chi connectivity index (χ1n) is 6.14. The highest BCUT2D eigenvalue weighted by Gasteiger charge is 2.20. The van der Waals surface area contributed by atoms with Crippen LogP contribution in [0.25, 0.3) is 5.57 Å². The predicted molar refractivity (Wildman–Crippen MR) is 73.1 cm³/mol. The van der Waals surface area contributed by atoms with Gasteiger partial charge in [-0.25, -0.2) is 0 Å². The summed E-state index contributed by atoms with van der Waals surface area (Å²) in [6.07, 6.45) is 1.10. The molecule has 0 heteroatoms. The second-order valence-corrected chi connectivity index (χ2v) is 4.83. The van der Waals surface area contributed by atoms with E-state index in [-0.39, 0.29) is 0 Å². The van der Waals surface area contributed by atoms with Gasteiger partial charge in [-0.3, -0.25) is 0 Å². The molecule has 0 N–H and O–H groups in total. The van der Waals surface area contributed by atoms with Crippen LogP contribution in [0.3, 0.4) is 0 Å². The molecule has 2 aromatic rings. The summed E-state index contributed by atoms with van der Waals surface area (Å²) >= 11 is 0. The Morgan fingerprint density at radius 2 is 1.59 bits per heavy atom. The first kappa shape index (κ1) is 10.3. The lowest BCUT2D eigenvalue weighted by Gasteiger charge is -2.12. The van der Waals surface area contributed by atoms with Crippen LogP contribution >= 0.6 is 0 Å². The number of hydrogen-bond donors (Lipinski definition) is 0. The van der Waals surface area contributed by atoms with Gasteiger partial charge in [0, 0.05) is 0 Å². The Morgan fingerprint density at radius 1 is 0.941 bits per heavy atom. The molecule has 0 spiro atoms. The maximum Gasteiger partial charge on any atom is -0.0144 e. The van der Waals surface area contributed by atoms with Crippen LogP contribution < -0.4 is 0 Å². The van der Waals surface area contributed by atoms with Crippen LogP contribution in [0, 0.1) is 0 Å². The summed E-state index contributed by atoms with van der Waals surface area (Å²) in [4.78, 5) is 0. The monoisotopic (exact) mass is 220 g/mol. The van der Waals surface area contributed by atoms with Crippen LogP contribution in [0.1, 0.15) is 35.1 Å². The van der Waals surface area contributed by atoms with Crippen molar-refractivity contribution in [2.45, 2.75) is 19.3 Å². The standard InChI is InChI=1S/C17H16/c1-12-11-14-7-3-4-9-16(14)13(2)17-10-6-5-8-15(12)17/h3-10,12H,2,11H2,1H3. The first-order valence-corrected chi connectivity index (χ1v) is 6.14. The third-order valence-corrected chi connectivity index (χ3v) is 3.69. The van der Waals surface area contributed by atoms with Crippen molar-refractivity contribution in [2.75, 3.05) is 0 Å². The molecule has 1 atom stereocenters. The van der Waals surface area contributed by atoms with E-state index in [4.69, 9.17) is 0 Å². The smallest absolute Gasteiger partial charge is 0.0144 e. The molecule has 3 rings (SSSR count). The van der Waals surface area contributed by atoms with E-state index in [2.05, 4.69) is 62.0 Å². The molecular weight excluding hydrogens is 204 g/mol. The number of rotatable bonds is 0. The van der Waals surface area contributed by atoms with Gasteiger partial charge in [-0.15, -0.1) is 0 Å². The summed E-state index contributed by atoms with van der Waals surface area (Å²) in [7, 11) is 0. The Bertz CT molecular complexity index is 578. The molecule has 0 bridgehead atoms. The highest BCUT2D eigenvalue weighted by Crippen LogP contribution is 2.36. The Balaban J connectivity index is 2.26. The van der Waals surface area contributed by atoms with E-state index in [1.165, 1.54) is 27.8 Å². The van der Waals surface area contributed by atoms with Crippen molar-refractivity contribution in [1.29, 1.82) is 0 Å². The summed E-state index contributed by atoms with van der Waals surface area (Å²) < 4.78 is 0. The van der Waals surface area contributed by atoms with Gasteiger partial charge in [-0.2, -0.15) is 0 Å². The van der Waals surface area contributed by atoms with Crippen molar-refractivity contribution in [3.8, 4) is 0 Å². The van der Waals surface area contributed by atoms with Crippen LogP contribution in [0.5, 0.6) is 0 Å². The fourth-order valence-electron chi connectivity index (χ4n) is 2.78. The third-order valence-electron chi connectivity index (χ3n) is 3.69. The molecule has 1 aliphatic carbocycles. The summed E-state index contributed by atoms with van der Waals surface area (Å²) in [5.41, 5.74) is 6.63. The van der Waals surface area contributed by atoms with Gasteiger partial charge >= 0.3 is 0 Å².